The van der Waals surface area contributed by atoms with Crippen molar-refractivity contribution < 1.29 is 14.3 Å². The molecule has 106 valence electrons. The zero-order valence-corrected chi connectivity index (χ0v) is 11.6. The van der Waals surface area contributed by atoms with Crippen molar-refractivity contribution in [3.63, 3.8) is 0 Å². The van der Waals surface area contributed by atoms with E-state index in [0.29, 0.717) is 42.5 Å². The van der Waals surface area contributed by atoms with Gasteiger partial charge >= 0.3 is 0 Å². The maximum atomic E-state index is 12.6. The number of anilines is 1. The molecule has 0 unspecified atom stereocenters. The molecule has 3 saturated heterocycles. The maximum absolute atomic E-state index is 12.6. The number of rotatable bonds is 1. The molecule has 3 aliphatic heterocycles. The molecule has 0 saturated carbocycles. The summed E-state index contributed by atoms with van der Waals surface area (Å²) in [4.78, 5) is 32.6. The molecule has 8 heteroatoms. The average Bonchev–Trinajstić information content (AvgIpc) is 3.13. The second-order valence-electron chi connectivity index (χ2n) is 5.27. The van der Waals surface area contributed by atoms with E-state index in [0.717, 1.165) is 0 Å². The summed E-state index contributed by atoms with van der Waals surface area (Å²) in [7, 11) is 0. The van der Waals surface area contributed by atoms with Gasteiger partial charge in [0.1, 0.15) is 4.88 Å². The van der Waals surface area contributed by atoms with Crippen LogP contribution in [0, 0.1) is 0 Å². The fourth-order valence-electron chi connectivity index (χ4n) is 3.56. The number of nitrogen functional groups attached to an aromatic ring is 1. The molecule has 4 heterocycles. The zero-order valence-electron chi connectivity index (χ0n) is 10.7. The Kier molecular flexibility index (Phi) is 2.37. The Morgan fingerprint density at radius 3 is 3.15 bits per heavy atom. The van der Waals surface area contributed by atoms with Crippen molar-refractivity contribution in [1.82, 2.24) is 14.8 Å². The Morgan fingerprint density at radius 2 is 2.40 bits per heavy atom. The van der Waals surface area contributed by atoms with Gasteiger partial charge in [0.05, 0.1) is 25.3 Å². The molecular formula is C12H14N4O3S. The smallest absolute Gasteiger partial charge is 0.266 e. The minimum absolute atomic E-state index is 0.0776. The Morgan fingerprint density at radius 1 is 1.55 bits per heavy atom. The van der Waals surface area contributed by atoms with Crippen LogP contribution in [0.1, 0.15) is 22.5 Å². The van der Waals surface area contributed by atoms with E-state index in [-0.39, 0.29) is 17.9 Å². The van der Waals surface area contributed by atoms with Crippen molar-refractivity contribution in [2.45, 2.75) is 24.6 Å². The third kappa shape index (κ3) is 1.40. The van der Waals surface area contributed by atoms with Gasteiger partial charge in [-0.3, -0.25) is 9.59 Å². The fraction of sp³-hybridized carbons (Fsp3) is 0.583. The maximum Gasteiger partial charge on any atom is 0.266 e. The third-order valence-corrected chi connectivity index (χ3v) is 5.21. The van der Waals surface area contributed by atoms with Crippen molar-refractivity contribution in [2.75, 3.05) is 25.4 Å². The van der Waals surface area contributed by atoms with Gasteiger partial charge in [-0.1, -0.05) is 11.3 Å². The summed E-state index contributed by atoms with van der Waals surface area (Å²) in [5.41, 5.74) is 5.00. The highest BCUT2D eigenvalue weighted by molar-refractivity contribution is 7.17. The molecule has 2 N–H and O–H groups in total. The minimum Gasteiger partial charge on any atom is -0.375 e. The third-order valence-electron chi connectivity index (χ3n) is 4.40. The van der Waals surface area contributed by atoms with Crippen LogP contribution in [0.2, 0.25) is 0 Å². The van der Waals surface area contributed by atoms with Gasteiger partial charge in [-0.2, -0.15) is 0 Å². The average molecular weight is 294 g/mol. The molecule has 4 rings (SSSR count). The van der Waals surface area contributed by atoms with Gasteiger partial charge in [0, 0.05) is 19.5 Å². The van der Waals surface area contributed by atoms with Crippen molar-refractivity contribution >= 4 is 28.3 Å². The molecule has 1 aromatic rings. The first-order valence-electron chi connectivity index (χ1n) is 6.58. The van der Waals surface area contributed by atoms with Crippen molar-refractivity contribution in [2.24, 2.45) is 0 Å². The van der Waals surface area contributed by atoms with Crippen molar-refractivity contribution in [3.05, 3.63) is 11.1 Å². The van der Waals surface area contributed by atoms with Gasteiger partial charge in [-0.25, -0.2) is 4.98 Å². The summed E-state index contributed by atoms with van der Waals surface area (Å²) >= 11 is 1.18. The first kappa shape index (κ1) is 12.1. The summed E-state index contributed by atoms with van der Waals surface area (Å²) in [6, 6.07) is -0.187. The number of thiazole rings is 1. The van der Waals surface area contributed by atoms with Crippen LogP contribution < -0.4 is 5.73 Å². The van der Waals surface area contributed by atoms with Gasteiger partial charge < -0.3 is 20.3 Å². The number of carbonyl (C=O) groups excluding carboxylic acids is 2. The summed E-state index contributed by atoms with van der Waals surface area (Å²) < 4.78 is 5.85. The quantitative estimate of drug-likeness (QED) is 0.781. The molecular weight excluding hydrogens is 280 g/mol. The molecule has 0 aliphatic carbocycles. The highest BCUT2D eigenvalue weighted by Gasteiger charge is 2.62. The van der Waals surface area contributed by atoms with Crippen molar-refractivity contribution in [1.29, 1.82) is 0 Å². The van der Waals surface area contributed by atoms with E-state index in [1.807, 2.05) is 0 Å². The van der Waals surface area contributed by atoms with E-state index >= 15 is 0 Å². The molecule has 2 atom stereocenters. The lowest BCUT2D eigenvalue weighted by Crippen LogP contribution is -2.48. The van der Waals surface area contributed by atoms with E-state index < -0.39 is 5.72 Å². The molecule has 2 amide bonds. The van der Waals surface area contributed by atoms with Crippen LogP contribution >= 0.6 is 11.3 Å². The molecule has 0 bridgehead atoms. The number of hydrogen-bond acceptors (Lipinski definition) is 6. The van der Waals surface area contributed by atoms with Gasteiger partial charge in [-0.05, 0) is 0 Å². The minimum atomic E-state index is -0.580. The molecule has 3 aliphatic rings. The van der Waals surface area contributed by atoms with Gasteiger partial charge in [-0.15, -0.1) is 0 Å². The second kappa shape index (κ2) is 3.92. The predicted octanol–water partition coefficient (Wildman–Crippen LogP) is -0.101. The van der Waals surface area contributed by atoms with Crippen LogP contribution in [0.15, 0.2) is 6.20 Å². The summed E-state index contributed by atoms with van der Waals surface area (Å²) in [6.07, 6.45) is 2.53. The second-order valence-corrected chi connectivity index (χ2v) is 6.33. The largest absolute Gasteiger partial charge is 0.375 e. The van der Waals surface area contributed by atoms with E-state index in [4.69, 9.17) is 10.5 Å². The Hall–Kier alpha value is -1.67. The predicted molar refractivity (Wildman–Crippen MR) is 71.0 cm³/mol. The van der Waals surface area contributed by atoms with Crippen LogP contribution in [0.25, 0.3) is 0 Å². The first-order chi connectivity index (χ1) is 9.62. The zero-order chi connectivity index (χ0) is 13.9. The standard InChI is InChI=1S/C12H14N4O3S/c13-11-14-6-7(20-11)10(18)15-2-1-12-8(15)5-9(17)16(12)3-4-19-12/h6,8H,1-5H2,(H2,13,14)/t8-,12+/m1/s1. The molecule has 0 radical (unpaired) electrons. The summed E-state index contributed by atoms with van der Waals surface area (Å²) in [6.45, 7) is 1.79. The topological polar surface area (TPSA) is 88.8 Å². The number of carbonyl (C=O) groups is 2. The normalized spacial score (nSPS) is 31.8. The van der Waals surface area contributed by atoms with Crippen LogP contribution in [-0.2, 0) is 9.53 Å². The Labute approximate surface area is 119 Å². The van der Waals surface area contributed by atoms with Gasteiger partial charge in [0.25, 0.3) is 5.91 Å². The Balaban J connectivity index is 1.65. The molecule has 0 aromatic carbocycles. The highest BCUT2D eigenvalue weighted by Crippen LogP contribution is 2.46. The molecule has 20 heavy (non-hydrogen) atoms. The van der Waals surface area contributed by atoms with Crippen LogP contribution in [-0.4, -0.2) is 58.1 Å². The molecule has 7 nitrogen and oxygen atoms in total. The highest BCUT2D eigenvalue weighted by atomic mass is 32.1. The number of aromatic nitrogens is 1. The number of hydrogen-bond donors (Lipinski definition) is 1. The number of amides is 2. The number of likely N-dealkylation sites (tertiary alicyclic amines) is 1. The van der Waals surface area contributed by atoms with E-state index in [9.17, 15) is 9.59 Å². The first-order valence-corrected chi connectivity index (χ1v) is 7.40. The van der Waals surface area contributed by atoms with Crippen LogP contribution in [0.5, 0.6) is 0 Å². The van der Waals surface area contributed by atoms with Crippen LogP contribution in [0.3, 0.4) is 0 Å². The van der Waals surface area contributed by atoms with E-state index in [2.05, 4.69) is 4.98 Å². The lowest BCUT2D eigenvalue weighted by atomic mass is 10.1. The van der Waals surface area contributed by atoms with Crippen molar-refractivity contribution in [3.8, 4) is 0 Å². The number of ether oxygens (including phenoxy) is 1. The van der Waals surface area contributed by atoms with E-state index in [1.54, 1.807) is 9.80 Å². The molecule has 3 fully saturated rings. The lowest BCUT2D eigenvalue weighted by molar-refractivity contribution is -0.136. The monoisotopic (exact) mass is 294 g/mol. The van der Waals surface area contributed by atoms with Gasteiger partial charge in [0.15, 0.2) is 10.9 Å². The Bertz CT molecular complexity index is 603. The molecule has 1 aromatic heterocycles. The summed E-state index contributed by atoms with van der Waals surface area (Å²) in [5, 5.41) is 0.378. The van der Waals surface area contributed by atoms with E-state index in [1.165, 1.54) is 17.5 Å². The van der Waals surface area contributed by atoms with Gasteiger partial charge in [0.2, 0.25) is 5.91 Å². The summed E-state index contributed by atoms with van der Waals surface area (Å²) in [5.74, 6) is -0.0277. The number of nitrogens with zero attached hydrogens (tertiary/aromatic N) is 3. The SMILES string of the molecule is Nc1ncc(C(=O)N2CC[C@@]34OCCN3C(=O)C[C@@H]24)s1. The van der Waals surface area contributed by atoms with Crippen LogP contribution in [0.4, 0.5) is 5.13 Å². The molecule has 1 spiro atoms. The fourth-order valence-corrected chi connectivity index (χ4v) is 4.20. The lowest BCUT2D eigenvalue weighted by Gasteiger charge is -2.31. The number of nitrogens with two attached hydrogens (primary N) is 1.